The molecule has 0 saturated carbocycles. The van der Waals surface area contributed by atoms with E-state index < -0.39 is 12.0 Å². The fraction of sp³-hybridized carbons (Fsp3) is 0.294. The standard InChI is InChI=1S/C17H17FN6O2/c18-15-16(22-26-17(25)23-7-3-1-4-8-23)21-13(11-19-15)12-10-20-24-9-5-2-6-14(12)24/h2,5-6,9-11H,1,3-4,7-8H2,(H,21,22). The molecular formula is C17H17FN6O2. The number of likely N-dealkylation sites (tertiary alicyclic amines) is 1. The highest BCUT2D eigenvalue weighted by Crippen LogP contribution is 2.24. The molecule has 4 heterocycles. The van der Waals surface area contributed by atoms with Gasteiger partial charge in [-0.2, -0.15) is 15.0 Å². The summed E-state index contributed by atoms with van der Waals surface area (Å²) in [5.41, 5.74) is 4.22. The van der Waals surface area contributed by atoms with Gasteiger partial charge in [-0.15, -0.1) is 0 Å². The number of fused-ring (bicyclic) bond motifs is 1. The normalized spacial score (nSPS) is 14.4. The molecule has 1 aliphatic heterocycles. The fourth-order valence-electron chi connectivity index (χ4n) is 2.93. The van der Waals surface area contributed by atoms with Crippen molar-refractivity contribution >= 4 is 17.4 Å². The van der Waals surface area contributed by atoms with Gasteiger partial charge in [0.05, 0.1) is 23.6 Å². The highest BCUT2D eigenvalue weighted by atomic mass is 19.1. The minimum Gasteiger partial charge on any atom is -0.322 e. The molecule has 0 aromatic carbocycles. The van der Waals surface area contributed by atoms with Crippen molar-refractivity contribution in [2.45, 2.75) is 19.3 Å². The minimum absolute atomic E-state index is 0.247. The topological polar surface area (TPSA) is 84.6 Å². The summed E-state index contributed by atoms with van der Waals surface area (Å²) in [5.74, 6) is -1.10. The molecule has 9 heteroatoms. The maximum Gasteiger partial charge on any atom is 0.434 e. The lowest BCUT2D eigenvalue weighted by Gasteiger charge is -2.25. The Balaban J connectivity index is 1.54. The molecule has 1 N–H and O–H groups in total. The van der Waals surface area contributed by atoms with Gasteiger partial charge in [-0.1, -0.05) is 6.07 Å². The highest BCUT2D eigenvalue weighted by molar-refractivity contribution is 5.77. The zero-order valence-electron chi connectivity index (χ0n) is 13.9. The van der Waals surface area contributed by atoms with E-state index in [-0.39, 0.29) is 5.82 Å². The number of aromatic nitrogens is 4. The zero-order valence-corrected chi connectivity index (χ0v) is 13.9. The number of pyridine rings is 1. The Morgan fingerprint density at radius 2 is 2.04 bits per heavy atom. The van der Waals surface area contributed by atoms with Crippen molar-refractivity contribution in [2.24, 2.45) is 0 Å². The number of nitrogens with zero attached hydrogens (tertiary/aromatic N) is 5. The van der Waals surface area contributed by atoms with E-state index in [1.807, 2.05) is 18.2 Å². The van der Waals surface area contributed by atoms with Gasteiger partial charge in [0, 0.05) is 24.8 Å². The van der Waals surface area contributed by atoms with Crippen LogP contribution in [-0.2, 0) is 4.84 Å². The second-order valence-electron chi connectivity index (χ2n) is 6.00. The van der Waals surface area contributed by atoms with Crippen molar-refractivity contribution in [3.05, 3.63) is 42.7 Å². The molecule has 3 aromatic rings. The molecule has 134 valence electrons. The molecule has 3 aromatic heterocycles. The molecule has 26 heavy (non-hydrogen) atoms. The maximum atomic E-state index is 14.0. The van der Waals surface area contributed by atoms with E-state index in [0.717, 1.165) is 24.8 Å². The molecule has 1 fully saturated rings. The summed E-state index contributed by atoms with van der Waals surface area (Å²) in [6.07, 6.45) is 7.17. The van der Waals surface area contributed by atoms with E-state index in [0.29, 0.717) is 24.3 Å². The third-order valence-corrected chi connectivity index (χ3v) is 4.28. The fourth-order valence-corrected chi connectivity index (χ4v) is 2.93. The number of piperidine rings is 1. The van der Waals surface area contributed by atoms with Gasteiger partial charge in [-0.3, -0.25) is 0 Å². The molecule has 1 saturated heterocycles. The lowest BCUT2D eigenvalue weighted by Crippen LogP contribution is -2.37. The molecular weight excluding hydrogens is 339 g/mol. The number of hydrogen-bond acceptors (Lipinski definition) is 6. The summed E-state index contributed by atoms with van der Waals surface area (Å²) in [6.45, 7) is 1.27. The van der Waals surface area contributed by atoms with Crippen molar-refractivity contribution in [3.63, 3.8) is 0 Å². The molecule has 4 rings (SSSR count). The SMILES string of the molecule is O=C(ONc1nc(-c2cnn3ccccc23)cnc1F)N1CCCCC1. The van der Waals surface area contributed by atoms with E-state index in [1.165, 1.54) is 6.20 Å². The van der Waals surface area contributed by atoms with E-state index in [1.54, 1.807) is 21.8 Å². The molecule has 0 unspecified atom stereocenters. The van der Waals surface area contributed by atoms with E-state index in [4.69, 9.17) is 4.84 Å². The van der Waals surface area contributed by atoms with Crippen LogP contribution in [0.15, 0.2) is 36.8 Å². The summed E-state index contributed by atoms with van der Waals surface area (Å²) >= 11 is 0. The average molecular weight is 356 g/mol. The molecule has 0 spiro atoms. The van der Waals surface area contributed by atoms with Crippen LogP contribution in [-0.4, -0.2) is 43.7 Å². The Labute approximate surface area is 148 Å². The maximum absolute atomic E-state index is 14.0. The number of nitrogens with one attached hydrogen (secondary N) is 1. The number of anilines is 1. The molecule has 1 aliphatic rings. The highest BCUT2D eigenvalue weighted by Gasteiger charge is 2.19. The molecule has 0 atom stereocenters. The summed E-state index contributed by atoms with van der Waals surface area (Å²) in [6, 6.07) is 5.60. The first kappa shape index (κ1) is 16.2. The van der Waals surface area contributed by atoms with Gasteiger partial charge in [-0.25, -0.2) is 19.3 Å². The summed E-state index contributed by atoms with van der Waals surface area (Å²) in [5, 5.41) is 4.23. The Bertz CT molecular complexity index is 938. The van der Waals surface area contributed by atoms with Crippen LogP contribution >= 0.6 is 0 Å². The van der Waals surface area contributed by atoms with Crippen molar-refractivity contribution in [2.75, 3.05) is 18.6 Å². The van der Waals surface area contributed by atoms with E-state index >= 15 is 0 Å². The number of halogens is 1. The second kappa shape index (κ2) is 6.95. The number of hydrogen-bond donors (Lipinski definition) is 1. The first-order valence-corrected chi connectivity index (χ1v) is 8.39. The van der Waals surface area contributed by atoms with Gasteiger partial charge in [-0.05, 0) is 31.4 Å². The molecule has 0 aliphatic carbocycles. The Kier molecular flexibility index (Phi) is 4.34. The van der Waals surface area contributed by atoms with Crippen LogP contribution in [0.1, 0.15) is 19.3 Å². The largest absolute Gasteiger partial charge is 0.434 e. The van der Waals surface area contributed by atoms with Crippen LogP contribution in [0.25, 0.3) is 16.8 Å². The predicted octanol–water partition coefficient (Wildman–Crippen LogP) is 2.88. The lowest BCUT2D eigenvalue weighted by molar-refractivity contribution is 0.113. The smallest absolute Gasteiger partial charge is 0.322 e. The van der Waals surface area contributed by atoms with Gasteiger partial charge in [0.15, 0.2) is 0 Å². The Morgan fingerprint density at radius 1 is 1.19 bits per heavy atom. The van der Waals surface area contributed by atoms with Crippen LogP contribution in [0, 0.1) is 5.95 Å². The second-order valence-corrected chi connectivity index (χ2v) is 6.00. The third kappa shape index (κ3) is 3.15. The van der Waals surface area contributed by atoms with Crippen molar-refractivity contribution < 1.29 is 14.0 Å². The van der Waals surface area contributed by atoms with E-state index in [2.05, 4.69) is 20.5 Å². The summed E-state index contributed by atoms with van der Waals surface area (Å²) in [7, 11) is 0. The zero-order chi connectivity index (χ0) is 17.9. The monoisotopic (exact) mass is 356 g/mol. The molecule has 0 bridgehead atoms. The van der Waals surface area contributed by atoms with Crippen LogP contribution < -0.4 is 5.48 Å². The van der Waals surface area contributed by atoms with Gasteiger partial charge in [0.1, 0.15) is 0 Å². The Morgan fingerprint density at radius 3 is 2.88 bits per heavy atom. The van der Waals surface area contributed by atoms with Crippen molar-refractivity contribution in [1.82, 2.24) is 24.5 Å². The minimum atomic E-state index is -0.850. The molecule has 8 nitrogen and oxygen atoms in total. The van der Waals surface area contributed by atoms with Gasteiger partial charge in [0.25, 0.3) is 5.95 Å². The van der Waals surface area contributed by atoms with Crippen LogP contribution in [0.2, 0.25) is 0 Å². The molecule has 1 amide bonds. The number of carbonyl (C=O) groups excluding carboxylic acids is 1. The van der Waals surface area contributed by atoms with E-state index in [9.17, 15) is 9.18 Å². The number of amides is 1. The van der Waals surface area contributed by atoms with Crippen molar-refractivity contribution in [1.29, 1.82) is 0 Å². The Hall–Kier alpha value is -3.23. The van der Waals surface area contributed by atoms with Crippen LogP contribution in [0.4, 0.5) is 15.0 Å². The molecule has 0 radical (unpaired) electrons. The number of carbonyl (C=O) groups is 1. The van der Waals surface area contributed by atoms with Gasteiger partial charge in [0.2, 0.25) is 5.82 Å². The first-order chi connectivity index (χ1) is 12.7. The van der Waals surface area contributed by atoms with Gasteiger partial charge >= 0.3 is 6.09 Å². The quantitative estimate of drug-likeness (QED) is 0.727. The summed E-state index contributed by atoms with van der Waals surface area (Å²) in [4.78, 5) is 26.5. The van der Waals surface area contributed by atoms with Crippen LogP contribution in [0.5, 0.6) is 0 Å². The van der Waals surface area contributed by atoms with Gasteiger partial charge < -0.3 is 9.74 Å². The number of rotatable bonds is 3. The van der Waals surface area contributed by atoms with Crippen molar-refractivity contribution in [3.8, 4) is 11.3 Å². The predicted molar refractivity (Wildman–Crippen MR) is 91.7 cm³/mol. The lowest BCUT2D eigenvalue weighted by atomic mass is 10.1. The first-order valence-electron chi connectivity index (χ1n) is 8.39. The van der Waals surface area contributed by atoms with Crippen LogP contribution in [0.3, 0.4) is 0 Å². The average Bonchev–Trinajstić information content (AvgIpc) is 3.12. The summed E-state index contributed by atoms with van der Waals surface area (Å²) < 4.78 is 15.6. The third-order valence-electron chi connectivity index (χ3n) is 4.28.